The Bertz CT molecular complexity index is 3510. The fourth-order valence-electron chi connectivity index (χ4n) is 8.79. The van der Waals surface area contributed by atoms with E-state index in [0.29, 0.717) is 55.8 Å². The van der Waals surface area contributed by atoms with Crippen molar-refractivity contribution in [1.82, 2.24) is 61.0 Å². The molecule has 3 aliphatic rings. The Morgan fingerprint density at radius 2 is 1.22 bits per heavy atom. The van der Waals surface area contributed by atoms with Gasteiger partial charge in [-0.1, -0.05) is 82.7 Å². The summed E-state index contributed by atoms with van der Waals surface area (Å²) in [5.74, 6) is -0.215. The lowest BCUT2D eigenvalue weighted by molar-refractivity contribution is -0.118. The number of H-pyrrole nitrogens is 3. The van der Waals surface area contributed by atoms with Crippen molar-refractivity contribution in [1.29, 1.82) is 0 Å². The first kappa shape index (κ1) is 57.1. The zero-order chi connectivity index (χ0) is 57.5. The van der Waals surface area contributed by atoms with E-state index in [2.05, 4.69) is 82.9 Å². The lowest BCUT2D eigenvalue weighted by atomic mass is 9.85. The van der Waals surface area contributed by atoms with E-state index in [1.54, 1.807) is 18.5 Å². The number of carbonyl (C=O) groups is 5. The summed E-state index contributed by atoms with van der Waals surface area (Å²) in [5, 5.41) is 36.0. The second kappa shape index (κ2) is 24.4. The molecule has 7 N–H and O–H groups in total. The highest BCUT2D eigenvalue weighted by molar-refractivity contribution is 9.10. The molecule has 4 amide bonds. The maximum atomic E-state index is 12.7. The monoisotopic (exact) mass is 1160 g/mol. The maximum absolute atomic E-state index is 12.7. The zero-order valence-corrected chi connectivity index (χ0v) is 47.4. The third kappa shape index (κ3) is 14.6. The van der Waals surface area contributed by atoms with Gasteiger partial charge >= 0.3 is 13.2 Å². The number of hydrogen-bond acceptors (Lipinski definition) is 14. The van der Waals surface area contributed by atoms with Crippen LogP contribution in [0.25, 0.3) is 11.3 Å². The molecule has 0 bridgehead atoms. The van der Waals surface area contributed by atoms with Gasteiger partial charge in [0.15, 0.2) is 0 Å². The minimum absolute atomic E-state index is 0.0204. The molecule has 0 saturated carbocycles. The third-order valence-electron chi connectivity index (χ3n) is 13.7. The number of nitrogens with one attached hydrogen (secondary N) is 7. The SMILES string of the molecule is CC(C)(C)OC(=O)n1ccc(B2OC(C)(C)C(C)(C)O2)n1.O=C(N[C@H]1CCc2cc(-c3ccn[nH]3)ccc2NC1=O)c1n[nH]c(Cc2ccccc2)n1.O=C(N[C@H]1CCc2cc(Br)ccc2NC1=O)c1n[nH]c(Cc2ccccc2)n1. The van der Waals surface area contributed by atoms with E-state index in [0.717, 1.165) is 54.0 Å². The summed E-state index contributed by atoms with van der Waals surface area (Å²) in [6.07, 6.45) is 6.09. The number of carbonyl (C=O) groups excluding carboxylic acids is 5. The van der Waals surface area contributed by atoms with E-state index in [4.69, 9.17) is 14.0 Å². The van der Waals surface area contributed by atoms with Gasteiger partial charge in [-0.2, -0.15) is 14.9 Å². The van der Waals surface area contributed by atoms with Crippen LogP contribution in [-0.2, 0) is 49.3 Å². The predicted octanol–water partition coefficient (Wildman–Crippen LogP) is 7.28. The Morgan fingerprint density at radius 1 is 0.704 bits per heavy atom. The second-order valence-corrected chi connectivity index (χ2v) is 22.5. The highest BCUT2D eigenvalue weighted by atomic mass is 79.9. The molecule has 81 heavy (non-hydrogen) atoms. The number of halogens is 1. The Balaban J connectivity index is 0.000000150. The number of rotatable bonds is 10. The van der Waals surface area contributed by atoms with E-state index in [-0.39, 0.29) is 23.5 Å². The number of aromatic nitrogens is 10. The van der Waals surface area contributed by atoms with Crippen molar-refractivity contribution in [2.45, 2.75) is 116 Å². The molecule has 3 aliphatic heterocycles. The molecule has 24 heteroatoms. The molecule has 1 fully saturated rings. The van der Waals surface area contributed by atoms with Gasteiger partial charge in [0.1, 0.15) is 29.3 Å². The lowest BCUT2D eigenvalue weighted by Crippen LogP contribution is -2.43. The van der Waals surface area contributed by atoms with Gasteiger partial charge in [-0.25, -0.2) is 14.8 Å². The molecule has 2 atom stereocenters. The topological polar surface area (TPSA) is 291 Å². The molecule has 22 nitrogen and oxygen atoms in total. The summed E-state index contributed by atoms with van der Waals surface area (Å²) < 4.78 is 19.2. The normalized spacial score (nSPS) is 17.0. The number of fused-ring (bicyclic) bond motifs is 2. The number of nitrogens with zero attached hydrogens (tertiary/aromatic N) is 7. The first-order chi connectivity index (χ1) is 38.6. The van der Waals surface area contributed by atoms with Crippen molar-refractivity contribution in [3.8, 4) is 11.3 Å². The molecule has 418 valence electrons. The van der Waals surface area contributed by atoms with Crippen LogP contribution < -0.4 is 26.9 Å². The van der Waals surface area contributed by atoms with Crippen LogP contribution in [-0.4, -0.2) is 116 Å². The standard InChI is InChI=1S/C23H21N7O2.C20H18BrN5O2.C14H23BN2O4/c31-22-19(9-7-15-13-16(6-8-17(15)25-22)18-10-11-24-28-18)26-23(32)21-27-20(29-30-21)12-14-4-2-1-3-5-14;21-14-7-9-15-13(11-14)6-8-16(19(27)22-15)23-20(28)18-24-17(25-26-18)10-12-4-2-1-3-5-12;1-12(2,3)19-11(18)17-9-8-10(16-17)15-20-13(4,5)14(6,7)21-15/h1-6,8,10-11,13,19H,7,9,12H2,(H,24,28)(H,25,31)(H,26,32)(H,27,29,30);1-5,7,9,11,16H,6,8,10H2,(H,22,27)(H,23,28)(H,24,25,26);8-9H,1-7H3/t19-;16-;/m00./s1. The van der Waals surface area contributed by atoms with Crippen molar-refractivity contribution < 1.29 is 38.0 Å². The predicted molar refractivity (Wildman–Crippen MR) is 305 cm³/mol. The average molecular weight is 1160 g/mol. The van der Waals surface area contributed by atoms with E-state index in [1.807, 2.05) is 152 Å². The van der Waals surface area contributed by atoms with Crippen molar-refractivity contribution in [2.24, 2.45) is 0 Å². The van der Waals surface area contributed by atoms with Gasteiger partial charge in [0.25, 0.3) is 11.8 Å². The molecular formula is C57H62BBrN14O8. The number of anilines is 2. The van der Waals surface area contributed by atoms with Crippen LogP contribution >= 0.6 is 15.9 Å². The summed E-state index contributed by atoms with van der Waals surface area (Å²) in [5.41, 5.74) is 6.70. The van der Waals surface area contributed by atoms with Crippen LogP contribution in [0.3, 0.4) is 0 Å². The smallest absolute Gasteiger partial charge is 0.442 e. The van der Waals surface area contributed by atoms with Crippen molar-refractivity contribution in [3.05, 3.63) is 172 Å². The molecule has 0 unspecified atom stereocenters. The van der Waals surface area contributed by atoms with Gasteiger partial charge in [-0.05, 0) is 144 Å². The van der Waals surface area contributed by atoms with Crippen LogP contribution in [0.2, 0.25) is 0 Å². The Kier molecular flexibility index (Phi) is 17.2. The number of ether oxygens (including phenoxy) is 1. The first-order valence-electron chi connectivity index (χ1n) is 26.3. The molecule has 1 saturated heterocycles. The summed E-state index contributed by atoms with van der Waals surface area (Å²) in [6.45, 7) is 13.3. The first-order valence-corrected chi connectivity index (χ1v) is 27.1. The molecule has 4 aromatic heterocycles. The summed E-state index contributed by atoms with van der Waals surface area (Å²) in [6, 6.07) is 33.4. The van der Waals surface area contributed by atoms with Crippen molar-refractivity contribution in [3.63, 3.8) is 0 Å². The van der Waals surface area contributed by atoms with Crippen molar-refractivity contribution in [2.75, 3.05) is 10.6 Å². The van der Waals surface area contributed by atoms with Gasteiger partial charge in [-0.3, -0.25) is 34.5 Å². The Hall–Kier alpha value is -8.61. The van der Waals surface area contributed by atoms with E-state index < -0.39 is 53.9 Å². The van der Waals surface area contributed by atoms with Gasteiger partial charge in [0, 0.05) is 41.1 Å². The van der Waals surface area contributed by atoms with Crippen LogP contribution in [0.1, 0.15) is 116 Å². The Morgan fingerprint density at radius 3 is 1.73 bits per heavy atom. The molecular weight excluding hydrogens is 1100 g/mol. The average Bonchev–Trinajstić information content (AvgIpc) is 4.51. The molecule has 0 spiro atoms. The number of benzene rings is 4. The summed E-state index contributed by atoms with van der Waals surface area (Å²) >= 11 is 3.44. The largest absolute Gasteiger partial charge is 0.516 e. The molecule has 0 radical (unpaired) electrons. The summed E-state index contributed by atoms with van der Waals surface area (Å²) in [7, 11) is -0.585. The fraction of sp³-hybridized carbons (Fsp3) is 0.316. The minimum atomic E-state index is -0.679. The molecule has 8 aromatic rings. The lowest BCUT2D eigenvalue weighted by Gasteiger charge is -2.32. The summed E-state index contributed by atoms with van der Waals surface area (Å²) in [4.78, 5) is 70.9. The minimum Gasteiger partial charge on any atom is -0.442 e. The second-order valence-electron chi connectivity index (χ2n) is 21.5. The number of hydrogen-bond donors (Lipinski definition) is 7. The number of aromatic amines is 3. The van der Waals surface area contributed by atoms with Crippen LogP contribution in [0, 0.1) is 0 Å². The van der Waals surface area contributed by atoms with Gasteiger partial charge in [0.05, 0.1) is 22.5 Å². The van der Waals surface area contributed by atoms with E-state index in [1.165, 1.54) is 0 Å². The molecule has 0 aliphatic carbocycles. The van der Waals surface area contributed by atoms with E-state index in [9.17, 15) is 24.0 Å². The van der Waals surface area contributed by atoms with Crippen LogP contribution in [0.15, 0.2) is 126 Å². The highest BCUT2D eigenvalue weighted by Crippen LogP contribution is 2.36. The van der Waals surface area contributed by atoms with Crippen LogP contribution in [0.4, 0.5) is 16.2 Å². The quantitative estimate of drug-likeness (QED) is 0.0663. The third-order valence-corrected chi connectivity index (χ3v) is 14.2. The fourth-order valence-corrected chi connectivity index (χ4v) is 9.20. The Labute approximate surface area is 476 Å². The number of aryl methyl sites for hydroxylation is 2. The van der Waals surface area contributed by atoms with Gasteiger partial charge in [-0.15, -0.1) is 10.2 Å². The highest BCUT2D eigenvalue weighted by Gasteiger charge is 2.52. The zero-order valence-electron chi connectivity index (χ0n) is 45.8. The van der Waals surface area contributed by atoms with E-state index >= 15 is 0 Å². The van der Waals surface area contributed by atoms with Crippen molar-refractivity contribution >= 4 is 69.7 Å². The van der Waals surface area contributed by atoms with Crippen LogP contribution in [0.5, 0.6) is 0 Å². The molecule has 7 heterocycles. The maximum Gasteiger partial charge on any atom is 0.516 e. The number of amides is 4. The molecule has 4 aromatic carbocycles. The van der Waals surface area contributed by atoms with Gasteiger partial charge < -0.3 is 35.3 Å². The van der Waals surface area contributed by atoms with Gasteiger partial charge in [0.2, 0.25) is 23.5 Å². The molecule has 11 rings (SSSR count).